The lowest BCUT2D eigenvalue weighted by atomic mass is 9.88. The van der Waals surface area contributed by atoms with Gasteiger partial charge in [0, 0.05) is 38.0 Å². The van der Waals surface area contributed by atoms with E-state index in [0.29, 0.717) is 32.1 Å². The minimum absolute atomic E-state index is 0.0470. The van der Waals surface area contributed by atoms with Crippen LogP contribution in [0.2, 0.25) is 0 Å². The van der Waals surface area contributed by atoms with Crippen molar-refractivity contribution in [2.75, 3.05) is 26.2 Å². The Morgan fingerprint density at radius 2 is 1.62 bits per heavy atom. The molecule has 7 nitrogen and oxygen atoms in total. The number of nitrogens with zero attached hydrogens (tertiary/aromatic N) is 4. The van der Waals surface area contributed by atoms with Gasteiger partial charge in [0.25, 0.3) is 0 Å². The lowest BCUT2D eigenvalue weighted by molar-refractivity contribution is -0.138. The molecule has 2 aliphatic rings. The standard InChI is InChI=1S/C17H26N4O3/c1-12(2)14-18-19-15(24-14)17(23)21-10-8-20(9-11-21)16(22)13-6-4-3-5-7-13/h12-13H,3-11H2,1-2H3. The van der Waals surface area contributed by atoms with Crippen molar-refractivity contribution in [3.05, 3.63) is 11.8 Å². The van der Waals surface area contributed by atoms with E-state index in [-0.39, 0.29) is 29.5 Å². The van der Waals surface area contributed by atoms with Gasteiger partial charge in [-0.05, 0) is 12.8 Å². The number of carbonyl (C=O) groups excluding carboxylic acids is 2. The molecule has 1 aliphatic heterocycles. The number of hydrogen-bond donors (Lipinski definition) is 0. The molecular weight excluding hydrogens is 308 g/mol. The topological polar surface area (TPSA) is 79.5 Å². The third kappa shape index (κ3) is 3.60. The van der Waals surface area contributed by atoms with Crippen LogP contribution in [0.5, 0.6) is 0 Å². The molecule has 2 heterocycles. The summed E-state index contributed by atoms with van der Waals surface area (Å²) < 4.78 is 5.44. The molecule has 3 rings (SSSR count). The Morgan fingerprint density at radius 3 is 2.21 bits per heavy atom. The van der Waals surface area contributed by atoms with Crippen molar-refractivity contribution in [2.45, 2.75) is 51.9 Å². The van der Waals surface area contributed by atoms with Crippen LogP contribution in [0, 0.1) is 5.92 Å². The maximum absolute atomic E-state index is 12.6. The minimum Gasteiger partial charge on any atom is -0.417 e. The number of hydrogen-bond acceptors (Lipinski definition) is 5. The molecule has 1 saturated heterocycles. The van der Waals surface area contributed by atoms with E-state index >= 15 is 0 Å². The van der Waals surface area contributed by atoms with Crippen molar-refractivity contribution in [1.82, 2.24) is 20.0 Å². The van der Waals surface area contributed by atoms with Gasteiger partial charge in [-0.25, -0.2) is 0 Å². The molecule has 24 heavy (non-hydrogen) atoms. The summed E-state index contributed by atoms with van der Waals surface area (Å²) in [5.74, 6) is 0.839. The summed E-state index contributed by atoms with van der Waals surface area (Å²) in [5, 5.41) is 7.76. The number of piperazine rings is 1. The summed E-state index contributed by atoms with van der Waals surface area (Å²) in [6, 6.07) is 0. The molecule has 1 aromatic rings. The normalized spacial score (nSPS) is 19.8. The Bertz CT molecular complexity index is 584. The molecule has 0 N–H and O–H groups in total. The zero-order valence-corrected chi connectivity index (χ0v) is 14.5. The average molecular weight is 334 g/mol. The lowest BCUT2D eigenvalue weighted by Crippen LogP contribution is -2.52. The quantitative estimate of drug-likeness (QED) is 0.845. The molecule has 132 valence electrons. The van der Waals surface area contributed by atoms with Crippen molar-refractivity contribution < 1.29 is 14.0 Å². The number of aromatic nitrogens is 2. The summed E-state index contributed by atoms with van der Waals surface area (Å²) in [4.78, 5) is 28.6. The van der Waals surface area contributed by atoms with Gasteiger partial charge in [-0.2, -0.15) is 0 Å². The predicted molar refractivity (Wildman–Crippen MR) is 87.4 cm³/mol. The van der Waals surface area contributed by atoms with Gasteiger partial charge in [0.1, 0.15) is 0 Å². The Balaban J connectivity index is 1.54. The molecule has 2 amide bonds. The smallest absolute Gasteiger partial charge is 0.311 e. The highest BCUT2D eigenvalue weighted by atomic mass is 16.4. The number of amides is 2. The van der Waals surface area contributed by atoms with Crippen molar-refractivity contribution >= 4 is 11.8 Å². The lowest BCUT2D eigenvalue weighted by Gasteiger charge is -2.36. The van der Waals surface area contributed by atoms with E-state index in [1.54, 1.807) is 4.90 Å². The van der Waals surface area contributed by atoms with Crippen LogP contribution >= 0.6 is 0 Å². The summed E-state index contributed by atoms with van der Waals surface area (Å²) in [7, 11) is 0. The largest absolute Gasteiger partial charge is 0.417 e. The molecule has 1 aliphatic carbocycles. The van der Waals surface area contributed by atoms with E-state index in [2.05, 4.69) is 10.2 Å². The molecule has 0 atom stereocenters. The molecule has 0 spiro atoms. The summed E-state index contributed by atoms with van der Waals surface area (Å²) in [5.41, 5.74) is 0. The van der Waals surface area contributed by atoms with Crippen LogP contribution in [-0.4, -0.2) is 58.0 Å². The molecule has 0 radical (unpaired) electrons. The van der Waals surface area contributed by atoms with Crippen LogP contribution in [0.1, 0.15) is 68.4 Å². The van der Waals surface area contributed by atoms with Crippen LogP contribution < -0.4 is 0 Å². The highest BCUT2D eigenvalue weighted by molar-refractivity contribution is 5.89. The van der Waals surface area contributed by atoms with Gasteiger partial charge in [-0.15, -0.1) is 10.2 Å². The molecule has 7 heteroatoms. The fourth-order valence-corrected chi connectivity index (χ4v) is 3.43. The van der Waals surface area contributed by atoms with Gasteiger partial charge in [0.2, 0.25) is 11.8 Å². The third-order valence-corrected chi connectivity index (χ3v) is 4.95. The first-order valence-electron chi connectivity index (χ1n) is 8.97. The van der Waals surface area contributed by atoms with E-state index < -0.39 is 0 Å². The molecule has 0 bridgehead atoms. The Kier molecular flexibility index (Phi) is 5.16. The van der Waals surface area contributed by atoms with Crippen LogP contribution in [-0.2, 0) is 4.79 Å². The van der Waals surface area contributed by atoms with E-state index in [9.17, 15) is 9.59 Å². The van der Waals surface area contributed by atoms with E-state index in [0.717, 1.165) is 25.7 Å². The average Bonchev–Trinajstić information content (AvgIpc) is 3.12. The second-order valence-electron chi connectivity index (χ2n) is 7.05. The van der Waals surface area contributed by atoms with Crippen molar-refractivity contribution in [1.29, 1.82) is 0 Å². The number of rotatable bonds is 3. The van der Waals surface area contributed by atoms with Gasteiger partial charge in [0.15, 0.2) is 0 Å². The first-order chi connectivity index (χ1) is 11.6. The summed E-state index contributed by atoms with van der Waals surface area (Å²) in [6.45, 7) is 6.11. The fourth-order valence-electron chi connectivity index (χ4n) is 3.43. The van der Waals surface area contributed by atoms with Crippen molar-refractivity contribution in [3.63, 3.8) is 0 Å². The first-order valence-corrected chi connectivity index (χ1v) is 8.97. The molecular formula is C17H26N4O3. The van der Waals surface area contributed by atoms with Gasteiger partial charge < -0.3 is 14.2 Å². The minimum atomic E-state index is -0.237. The van der Waals surface area contributed by atoms with E-state index in [1.807, 2.05) is 18.7 Å². The van der Waals surface area contributed by atoms with Crippen molar-refractivity contribution in [2.24, 2.45) is 5.92 Å². The van der Waals surface area contributed by atoms with Gasteiger partial charge in [-0.1, -0.05) is 33.1 Å². The molecule has 0 unspecified atom stereocenters. The molecule has 1 aromatic heterocycles. The Morgan fingerprint density at radius 1 is 1.00 bits per heavy atom. The van der Waals surface area contributed by atoms with E-state index in [1.165, 1.54) is 6.42 Å². The second kappa shape index (κ2) is 7.32. The van der Waals surface area contributed by atoms with Crippen LogP contribution in [0.4, 0.5) is 0 Å². The molecule has 1 saturated carbocycles. The third-order valence-electron chi connectivity index (χ3n) is 4.95. The van der Waals surface area contributed by atoms with E-state index in [4.69, 9.17) is 4.42 Å². The highest BCUT2D eigenvalue weighted by Crippen LogP contribution is 2.26. The summed E-state index contributed by atoms with van der Waals surface area (Å²) in [6.07, 6.45) is 5.58. The monoisotopic (exact) mass is 334 g/mol. The Hall–Kier alpha value is -1.92. The van der Waals surface area contributed by atoms with Crippen LogP contribution in [0.25, 0.3) is 0 Å². The first kappa shape index (κ1) is 16.9. The molecule has 2 fully saturated rings. The molecule has 0 aromatic carbocycles. The van der Waals surface area contributed by atoms with Gasteiger partial charge in [-0.3, -0.25) is 9.59 Å². The zero-order chi connectivity index (χ0) is 17.1. The number of carbonyl (C=O) groups is 2. The maximum atomic E-state index is 12.6. The highest BCUT2D eigenvalue weighted by Gasteiger charge is 2.31. The fraction of sp³-hybridized carbons (Fsp3) is 0.765. The Labute approximate surface area is 142 Å². The van der Waals surface area contributed by atoms with Gasteiger partial charge >= 0.3 is 11.8 Å². The second-order valence-corrected chi connectivity index (χ2v) is 7.05. The van der Waals surface area contributed by atoms with Crippen LogP contribution in [0.15, 0.2) is 4.42 Å². The van der Waals surface area contributed by atoms with Crippen molar-refractivity contribution in [3.8, 4) is 0 Å². The SMILES string of the molecule is CC(C)c1nnc(C(=O)N2CCN(C(=O)C3CCCCC3)CC2)o1. The van der Waals surface area contributed by atoms with Crippen LogP contribution in [0.3, 0.4) is 0 Å². The maximum Gasteiger partial charge on any atom is 0.311 e. The zero-order valence-electron chi connectivity index (χ0n) is 14.5. The summed E-state index contributed by atoms with van der Waals surface area (Å²) >= 11 is 0. The van der Waals surface area contributed by atoms with Gasteiger partial charge in [0.05, 0.1) is 0 Å². The predicted octanol–water partition coefficient (Wildman–Crippen LogP) is 2.06.